The van der Waals surface area contributed by atoms with Gasteiger partial charge in [-0.15, -0.1) is 0 Å². The van der Waals surface area contributed by atoms with Crippen LogP contribution < -0.4 is 16.4 Å². The number of carbonyl (C=O) groups is 1. The number of nitrogens with two attached hydrogens (primary N) is 1. The van der Waals surface area contributed by atoms with Gasteiger partial charge < -0.3 is 16.4 Å². The van der Waals surface area contributed by atoms with Gasteiger partial charge in [0.05, 0.1) is 16.9 Å². The lowest BCUT2D eigenvalue weighted by Gasteiger charge is -2.24. The van der Waals surface area contributed by atoms with Crippen molar-refractivity contribution in [3.05, 3.63) is 30.5 Å². The fourth-order valence-corrected chi connectivity index (χ4v) is 2.08. The van der Waals surface area contributed by atoms with Crippen LogP contribution in [0.15, 0.2) is 30.5 Å². The van der Waals surface area contributed by atoms with Crippen molar-refractivity contribution in [1.82, 2.24) is 10.3 Å². The molecule has 0 saturated carbocycles. The van der Waals surface area contributed by atoms with Crippen molar-refractivity contribution in [2.45, 2.75) is 39.3 Å². The van der Waals surface area contributed by atoms with Gasteiger partial charge in [-0.25, -0.2) is 0 Å². The van der Waals surface area contributed by atoms with E-state index in [2.05, 4.69) is 15.6 Å². The van der Waals surface area contributed by atoms with Crippen molar-refractivity contribution in [2.75, 3.05) is 11.1 Å². The predicted molar refractivity (Wildman–Crippen MR) is 87.1 cm³/mol. The van der Waals surface area contributed by atoms with Crippen LogP contribution in [0.2, 0.25) is 0 Å². The maximum Gasteiger partial charge on any atom is 0.242 e. The highest BCUT2D eigenvalue weighted by Crippen LogP contribution is 2.27. The van der Waals surface area contributed by atoms with Crippen LogP contribution in [0.4, 0.5) is 11.4 Å². The molecule has 0 fully saturated rings. The van der Waals surface area contributed by atoms with E-state index in [-0.39, 0.29) is 17.5 Å². The van der Waals surface area contributed by atoms with Gasteiger partial charge in [0.15, 0.2) is 0 Å². The molecule has 0 aliphatic heterocycles. The average Bonchev–Trinajstić information content (AvgIpc) is 2.40. The van der Waals surface area contributed by atoms with E-state index in [4.69, 9.17) is 5.73 Å². The van der Waals surface area contributed by atoms with E-state index < -0.39 is 0 Å². The molecule has 21 heavy (non-hydrogen) atoms. The summed E-state index contributed by atoms with van der Waals surface area (Å²) in [6, 6.07) is 7.13. The molecule has 1 atom stereocenters. The minimum absolute atomic E-state index is 0.0619. The van der Waals surface area contributed by atoms with E-state index in [1.807, 2.05) is 52.0 Å². The van der Waals surface area contributed by atoms with Crippen LogP contribution >= 0.6 is 0 Å². The Balaban J connectivity index is 2.20. The van der Waals surface area contributed by atoms with Gasteiger partial charge in [0.1, 0.15) is 6.04 Å². The van der Waals surface area contributed by atoms with Gasteiger partial charge in [0, 0.05) is 17.1 Å². The largest absolute Gasteiger partial charge is 0.397 e. The first-order chi connectivity index (χ1) is 9.78. The first kappa shape index (κ1) is 15.1. The summed E-state index contributed by atoms with van der Waals surface area (Å²) in [6.07, 6.45) is 1.73. The number of nitrogens with zero attached hydrogens (tertiary/aromatic N) is 1. The first-order valence-corrected chi connectivity index (χ1v) is 7.00. The van der Waals surface area contributed by atoms with Crippen molar-refractivity contribution in [1.29, 1.82) is 0 Å². The predicted octanol–water partition coefficient (Wildman–Crippen LogP) is 2.53. The fourth-order valence-electron chi connectivity index (χ4n) is 2.08. The Hall–Kier alpha value is -2.30. The topological polar surface area (TPSA) is 80.0 Å². The highest BCUT2D eigenvalue weighted by Gasteiger charge is 2.19. The van der Waals surface area contributed by atoms with E-state index in [0.717, 1.165) is 16.6 Å². The number of pyridine rings is 1. The minimum Gasteiger partial charge on any atom is -0.397 e. The summed E-state index contributed by atoms with van der Waals surface area (Å²) in [7, 11) is 0. The van der Waals surface area contributed by atoms with Crippen LogP contribution in [-0.2, 0) is 4.79 Å². The second-order valence-corrected chi connectivity index (χ2v) is 6.20. The normalized spacial score (nSPS) is 13.0. The molecular weight excluding hydrogens is 264 g/mol. The quantitative estimate of drug-likeness (QED) is 0.757. The second-order valence-electron chi connectivity index (χ2n) is 6.20. The fraction of sp³-hybridized carbons (Fsp3) is 0.375. The molecule has 0 bridgehead atoms. The summed E-state index contributed by atoms with van der Waals surface area (Å²) in [4.78, 5) is 16.4. The summed E-state index contributed by atoms with van der Waals surface area (Å²) in [5.41, 5.74) is 8.09. The monoisotopic (exact) mass is 286 g/mol. The summed E-state index contributed by atoms with van der Waals surface area (Å²) >= 11 is 0. The third kappa shape index (κ3) is 3.62. The molecule has 5 heteroatoms. The summed E-state index contributed by atoms with van der Waals surface area (Å²) in [6.45, 7) is 7.67. The number of rotatable bonds is 3. The Morgan fingerprint density at radius 1 is 1.29 bits per heavy atom. The molecule has 0 aliphatic rings. The molecule has 2 aromatic rings. The zero-order valence-corrected chi connectivity index (χ0v) is 12.9. The SMILES string of the molecule is CC(Nc1ccc2ncccc2c1N)C(=O)NC(C)(C)C. The van der Waals surface area contributed by atoms with Crippen LogP contribution in [0.5, 0.6) is 0 Å². The molecule has 0 spiro atoms. The van der Waals surface area contributed by atoms with E-state index in [0.29, 0.717) is 5.69 Å². The van der Waals surface area contributed by atoms with Gasteiger partial charge in [-0.05, 0) is 52.0 Å². The van der Waals surface area contributed by atoms with Gasteiger partial charge in [0.25, 0.3) is 0 Å². The van der Waals surface area contributed by atoms with E-state index in [1.165, 1.54) is 0 Å². The van der Waals surface area contributed by atoms with Crippen LogP contribution in [0.1, 0.15) is 27.7 Å². The Morgan fingerprint density at radius 3 is 2.67 bits per heavy atom. The van der Waals surface area contributed by atoms with Crippen LogP contribution in [0, 0.1) is 0 Å². The number of benzene rings is 1. The lowest BCUT2D eigenvalue weighted by Crippen LogP contribution is -2.47. The standard InChI is InChI=1S/C16H22N4O/c1-10(15(21)20-16(2,3)4)19-13-8-7-12-11(14(13)17)6-5-9-18-12/h5-10,19H,17H2,1-4H3,(H,20,21). The van der Waals surface area contributed by atoms with Crippen molar-refractivity contribution in [3.63, 3.8) is 0 Å². The number of nitrogen functional groups attached to an aromatic ring is 1. The molecule has 1 heterocycles. The van der Waals surface area contributed by atoms with E-state index >= 15 is 0 Å². The van der Waals surface area contributed by atoms with Crippen LogP contribution in [0.25, 0.3) is 10.9 Å². The van der Waals surface area contributed by atoms with Gasteiger partial charge in [-0.1, -0.05) is 0 Å². The van der Waals surface area contributed by atoms with E-state index in [9.17, 15) is 4.79 Å². The Labute approximate surface area is 124 Å². The average molecular weight is 286 g/mol. The summed E-state index contributed by atoms with van der Waals surface area (Å²) in [5, 5.41) is 6.98. The molecule has 0 radical (unpaired) electrons. The smallest absolute Gasteiger partial charge is 0.242 e. The third-order valence-corrected chi connectivity index (χ3v) is 3.09. The van der Waals surface area contributed by atoms with Crippen LogP contribution in [-0.4, -0.2) is 22.5 Å². The zero-order valence-electron chi connectivity index (χ0n) is 12.9. The van der Waals surface area contributed by atoms with E-state index in [1.54, 1.807) is 6.20 Å². The highest BCUT2D eigenvalue weighted by molar-refractivity contribution is 5.98. The molecular formula is C16H22N4O. The molecule has 112 valence electrons. The molecule has 0 saturated heterocycles. The first-order valence-electron chi connectivity index (χ1n) is 7.00. The molecule has 1 amide bonds. The third-order valence-electron chi connectivity index (χ3n) is 3.09. The van der Waals surface area contributed by atoms with Crippen molar-refractivity contribution >= 4 is 28.2 Å². The Bertz CT molecular complexity index is 661. The highest BCUT2D eigenvalue weighted by atomic mass is 16.2. The Morgan fingerprint density at radius 2 is 2.00 bits per heavy atom. The number of nitrogens with one attached hydrogen (secondary N) is 2. The number of aromatic nitrogens is 1. The lowest BCUT2D eigenvalue weighted by molar-refractivity contribution is -0.122. The number of hydrogen-bond acceptors (Lipinski definition) is 4. The van der Waals surface area contributed by atoms with Crippen LogP contribution in [0.3, 0.4) is 0 Å². The summed E-state index contributed by atoms with van der Waals surface area (Å²) < 4.78 is 0. The van der Waals surface area contributed by atoms with Gasteiger partial charge in [-0.2, -0.15) is 0 Å². The molecule has 1 aromatic carbocycles. The van der Waals surface area contributed by atoms with Crippen molar-refractivity contribution < 1.29 is 4.79 Å². The number of amides is 1. The summed E-state index contributed by atoms with van der Waals surface area (Å²) in [5.74, 6) is -0.0619. The molecule has 4 N–H and O–H groups in total. The molecule has 1 unspecified atom stereocenters. The number of anilines is 2. The van der Waals surface area contributed by atoms with Gasteiger partial charge >= 0.3 is 0 Å². The maximum atomic E-state index is 12.1. The molecule has 2 rings (SSSR count). The zero-order chi connectivity index (χ0) is 15.6. The molecule has 1 aromatic heterocycles. The Kier molecular flexibility index (Phi) is 4.02. The van der Waals surface area contributed by atoms with Crippen molar-refractivity contribution in [2.24, 2.45) is 0 Å². The van der Waals surface area contributed by atoms with Gasteiger partial charge in [0.2, 0.25) is 5.91 Å². The molecule has 0 aliphatic carbocycles. The lowest BCUT2D eigenvalue weighted by atomic mass is 10.1. The number of hydrogen-bond donors (Lipinski definition) is 3. The van der Waals surface area contributed by atoms with Crippen molar-refractivity contribution in [3.8, 4) is 0 Å². The number of carbonyl (C=O) groups excluding carboxylic acids is 1. The second kappa shape index (κ2) is 5.60. The number of fused-ring (bicyclic) bond motifs is 1. The molecule has 5 nitrogen and oxygen atoms in total. The minimum atomic E-state index is -0.374. The maximum absolute atomic E-state index is 12.1. The van der Waals surface area contributed by atoms with Gasteiger partial charge in [-0.3, -0.25) is 9.78 Å².